The molecule has 2 amide bonds. The van der Waals surface area contributed by atoms with E-state index in [1.807, 2.05) is 11.0 Å². The van der Waals surface area contributed by atoms with Crippen LogP contribution >= 0.6 is 0 Å². The SMILES string of the molecule is CC(C)c1cc(C(=O)N2C[C@H]3C[C@@H](C2)C2CCCC(=O)N2C3)n[nH]1. The molecule has 3 aliphatic heterocycles. The molecule has 1 unspecified atom stereocenters. The van der Waals surface area contributed by atoms with Gasteiger partial charge in [-0.3, -0.25) is 14.7 Å². The van der Waals surface area contributed by atoms with Gasteiger partial charge in [0.05, 0.1) is 0 Å². The predicted octanol–water partition coefficient (Wildman–Crippen LogP) is 2.01. The lowest BCUT2D eigenvalue weighted by Crippen LogP contribution is -2.61. The van der Waals surface area contributed by atoms with Gasteiger partial charge in [0, 0.05) is 37.8 Å². The average molecular weight is 330 g/mol. The third-order valence-electron chi connectivity index (χ3n) is 5.91. The summed E-state index contributed by atoms with van der Waals surface area (Å²) in [5.74, 6) is 1.52. The lowest BCUT2D eigenvalue weighted by Gasteiger charge is -2.52. The molecule has 0 aliphatic carbocycles. The maximum atomic E-state index is 12.9. The normalized spacial score (nSPS) is 29.8. The standard InChI is InChI=1S/C18H26N4O2/c1-11(2)14-7-15(20-19-14)18(24)21-8-12-6-13(10-21)16-4-3-5-17(23)22(16)9-12/h7,11-13,16H,3-6,8-10H2,1-2H3,(H,19,20)/t12-,13+,16?/m1/s1. The van der Waals surface area contributed by atoms with E-state index in [1.54, 1.807) is 0 Å². The highest BCUT2D eigenvalue weighted by Crippen LogP contribution is 2.38. The highest BCUT2D eigenvalue weighted by Gasteiger charge is 2.45. The second kappa shape index (κ2) is 5.90. The molecule has 6 heteroatoms. The Kier molecular flexibility index (Phi) is 3.85. The van der Waals surface area contributed by atoms with Crippen LogP contribution in [0.15, 0.2) is 6.07 Å². The molecule has 3 atom stereocenters. The third kappa shape index (κ3) is 2.62. The summed E-state index contributed by atoms with van der Waals surface area (Å²) in [6.45, 7) is 6.49. The van der Waals surface area contributed by atoms with E-state index < -0.39 is 0 Å². The molecule has 0 saturated carbocycles. The van der Waals surface area contributed by atoms with Gasteiger partial charge in [-0.1, -0.05) is 13.8 Å². The molecule has 2 bridgehead atoms. The molecule has 1 aromatic rings. The molecule has 3 aliphatic rings. The van der Waals surface area contributed by atoms with Crippen LogP contribution < -0.4 is 0 Å². The van der Waals surface area contributed by atoms with E-state index in [0.717, 1.165) is 44.6 Å². The molecule has 1 aromatic heterocycles. The summed E-state index contributed by atoms with van der Waals surface area (Å²) < 4.78 is 0. The number of hydrogen-bond donors (Lipinski definition) is 1. The fourth-order valence-electron chi connectivity index (χ4n) is 4.68. The Hall–Kier alpha value is -1.85. The largest absolute Gasteiger partial charge is 0.339 e. The highest BCUT2D eigenvalue weighted by atomic mass is 16.2. The summed E-state index contributed by atoms with van der Waals surface area (Å²) in [7, 11) is 0. The number of H-pyrrole nitrogens is 1. The number of carbonyl (C=O) groups is 2. The van der Waals surface area contributed by atoms with Crippen molar-refractivity contribution in [3.8, 4) is 0 Å². The quantitative estimate of drug-likeness (QED) is 0.902. The van der Waals surface area contributed by atoms with Crippen LogP contribution in [0.2, 0.25) is 0 Å². The van der Waals surface area contributed by atoms with Crippen molar-refractivity contribution in [1.82, 2.24) is 20.0 Å². The summed E-state index contributed by atoms with van der Waals surface area (Å²) in [5, 5.41) is 7.20. The molecular weight excluding hydrogens is 304 g/mol. The van der Waals surface area contributed by atoms with Crippen LogP contribution in [0.4, 0.5) is 0 Å². The monoisotopic (exact) mass is 330 g/mol. The molecule has 3 fully saturated rings. The van der Waals surface area contributed by atoms with E-state index in [2.05, 4.69) is 28.9 Å². The maximum Gasteiger partial charge on any atom is 0.274 e. The van der Waals surface area contributed by atoms with E-state index in [9.17, 15) is 9.59 Å². The second-order valence-corrected chi connectivity index (χ2v) is 7.94. The summed E-state index contributed by atoms with van der Waals surface area (Å²) in [4.78, 5) is 29.1. The number of aromatic nitrogens is 2. The first kappa shape index (κ1) is 15.7. The zero-order chi connectivity index (χ0) is 16.8. The minimum absolute atomic E-state index is 0.0310. The molecule has 6 nitrogen and oxygen atoms in total. The number of carbonyl (C=O) groups excluding carboxylic acids is 2. The molecule has 4 rings (SSSR count). The van der Waals surface area contributed by atoms with Crippen molar-refractivity contribution in [2.75, 3.05) is 19.6 Å². The van der Waals surface area contributed by atoms with Gasteiger partial charge in [0.15, 0.2) is 0 Å². The number of nitrogens with zero attached hydrogens (tertiary/aromatic N) is 3. The summed E-state index contributed by atoms with van der Waals surface area (Å²) in [6.07, 6.45) is 3.93. The minimum atomic E-state index is 0.0310. The van der Waals surface area contributed by atoms with Crippen molar-refractivity contribution >= 4 is 11.8 Å². The number of likely N-dealkylation sites (tertiary alicyclic amines) is 1. The summed E-state index contributed by atoms with van der Waals surface area (Å²) >= 11 is 0. The lowest BCUT2D eigenvalue weighted by atomic mass is 9.76. The Morgan fingerprint density at radius 2 is 2.17 bits per heavy atom. The molecule has 0 spiro atoms. The van der Waals surface area contributed by atoms with Crippen LogP contribution in [0.25, 0.3) is 0 Å². The molecular formula is C18H26N4O2. The summed E-state index contributed by atoms with van der Waals surface area (Å²) in [6, 6.07) is 2.22. The first-order valence-electron chi connectivity index (χ1n) is 9.17. The Bertz CT molecular complexity index is 653. The van der Waals surface area contributed by atoms with Crippen LogP contribution in [0.3, 0.4) is 0 Å². The average Bonchev–Trinajstić information content (AvgIpc) is 3.05. The van der Waals surface area contributed by atoms with Crippen molar-refractivity contribution in [2.24, 2.45) is 11.8 Å². The number of rotatable bonds is 2. The van der Waals surface area contributed by atoms with Crippen LogP contribution in [0.1, 0.15) is 61.6 Å². The number of piperidine rings is 3. The van der Waals surface area contributed by atoms with Crippen LogP contribution in [-0.4, -0.2) is 57.5 Å². The van der Waals surface area contributed by atoms with E-state index in [4.69, 9.17) is 0 Å². The van der Waals surface area contributed by atoms with Gasteiger partial charge in [-0.05, 0) is 43.1 Å². The Labute approximate surface area is 142 Å². The van der Waals surface area contributed by atoms with Crippen molar-refractivity contribution in [3.05, 3.63) is 17.5 Å². The maximum absolute atomic E-state index is 12.9. The van der Waals surface area contributed by atoms with Gasteiger partial charge < -0.3 is 9.80 Å². The number of aromatic amines is 1. The second-order valence-electron chi connectivity index (χ2n) is 7.94. The van der Waals surface area contributed by atoms with Gasteiger partial charge in [0.1, 0.15) is 5.69 Å². The third-order valence-corrected chi connectivity index (χ3v) is 5.91. The smallest absolute Gasteiger partial charge is 0.274 e. The first-order valence-corrected chi connectivity index (χ1v) is 9.17. The van der Waals surface area contributed by atoms with Crippen molar-refractivity contribution in [3.63, 3.8) is 0 Å². The van der Waals surface area contributed by atoms with Crippen LogP contribution in [-0.2, 0) is 4.79 Å². The van der Waals surface area contributed by atoms with Crippen molar-refractivity contribution in [2.45, 2.75) is 51.5 Å². The minimum Gasteiger partial charge on any atom is -0.339 e. The fraction of sp³-hybridized carbons (Fsp3) is 0.722. The number of nitrogens with one attached hydrogen (secondary N) is 1. The topological polar surface area (TPSA) is 69.3 Å². The van der Waals surface area contributed by atoms with Gasteiger partial charge in [-0.2, -0.15) is 5.10 Å². The van der Waals surface area contributed by atoms with E-state index in [0.29, 0.717) is 41.8 Å². The zero-order valence-corrected chi connectivity index (χ0v) is 14.5. The highest BCUT2D eigenvalue weighted by molar-refractivity contribution is 5.92. The van der Waals surface area contributed by atoms with Gasteiger partial charge in [0.2, 0.25) is 5.91 Å². The molecule has 4 heterocycles. The molecule has 0 radical (unpaired) electrons. The first-order chi connectivity index (χ1) is 11.5. The van der Waals surface area contributed by atoms with Gasteiger partial charge in [0.25, 0.3) is 5.91 Å². The number of fused-ring (bicyclic) bond motifs is 4. The van der Waals surface area contributed by atoms with Gasteiger partial charge >= 0.3 is 0 Å². The lowest BCUT2D eigenvalue weighted by molar-refractivity contribution is -0.144. The van der Waals surface area contributed by atoms with Gasteiger partial charge in [-0.25, -0.2) is 0 Å². The molecule has 1 N–H and O–H groups in total. The van der Waals surface area contributed by atoms with Crippen molar-refractivity contribution in [1.29, 1.82) is 0 Å². The zero-order valence-electron chi connectivity index (χ0n) is 14.5. The predicted molar refractivity (Wildman–Crippen MR) is 89.5 cm³/mol. The number of amides is 2. The molecule has 3 saturated heterocycles. The van der Waals surface area contributed by atoms with E-state index >= 15 is 0 Å². The molecule has 24 heavy (non-hydrogen) atoms. The molecule has 130 valence electrons. The Morgan fingerprint density at radius 3 is 2.92 bits per heavy atom. The van der Waals surface area contributed by atoms with Crippen molar-refractivity contribution < 1.29 is 9.59 Å². The Morgan fingerprint density at radius 1 is 1.33 bits per heavy atom. The number of hydrogen-bond acceptors (Lipinski definition) is 3. The van der Waals surface area contributed by atoms with Gasteiger partial charge in [-0.15, -0.1) is 0 Å². The van der Waals surface area contributed by atoms with Crippen LogP contribution in [0, 0.1) is 11.8 Å². The van der Waals surface area contributed by atoms with E-state index in [-0.39, 0.29) is 5.91 Å². The van der Waals surface area contributed by atoms with E-state index in [1.165, 1.54) is 0 Å². The summed E-state index contributed by atoms with van der Waals surface area (Å²) in [5.41, 5.74) is 1.52. The fourth-order valence-corrected chi connectivity index (χ4v) is 4.68. The Balaban J connectivity index is 1.50. The molecule has 0 aromatic carbocycles. The van der Waals surface area contributed by atoms with Crippen LogP contribution in [0.5, 0.6) is 0 Å².